The number of hydrogen-bond acceptors (Lipinski definition) is 3. The van der Waals surface area contributed by atoms with Crippen molar-refractivity contribution in [2.45, 2.75) is 32.5 Å². The Kier molecular flexibility index (Phi) is 6.76. The Bertz CT molecular complexity index is 999. The summed E-state index contributed by atoms with van der Waals surface area (Å²) < 4.78 is 45.1. The second kappa shape index (κ2) is 9.47. The molecule has 3 rings (SSSR count). The Morgan fingerprint density at radius 1 is 1.13 bits per heavy atom. The topological polar surface area (TPSA) is 67.0 Å². The number of alkyl halides is 3. The van der Waals surface area contributed by atoms with Crippen LogP contribution in [0, 0.1) is 0 Å². The fourth-order valence-electron chi connectivity index (χ4n) is 2.93. The molecule has 0 fully saturated rings. The normalized spacial score (nSPS) is 11.3. The molecule has 0 aliphatic heterocycles. The number of carbonyl (C=O) groups is 1. The van der Waals surface area contributed by atoms with Crippen molar-refractivity contribution in [2.75, 3.05) is 6.61 Å². The zero-order valence-electron chi connectivity index (χ0n) is 16.4. The maximum Gasteiger partial charge on any atom is 0.416 e. The largest absolute Gasteiger partial charge is 0.493 e. The van der Waals surface area contributed by atoms with Crippen LogP contribution in [-0.2, 0) is 12.7 Å². The lowest BCUT2D eigenvalue weighted by atomic mass is 10.1. The summed E-state index contributed by atoms with van der Waals surface area (Å²) in [6.07, 6.45) is -2.56. The Labute approximate surface area is 172 Å². The molecule has 30 heavy (non-hydrogen) atoms. The van der Waals surface area contributed by atoms with E-state index in [1.165, 1.54) is 18.2 Å². The van der Waals surface area contributed by atoms with E-state index in [0.717, 1.165) is 24.5 Å². The Morgan fingerprint density at radius 2 is 1.87 bits per heavy atom. The second-order valence-corrected chi connectivity index (χ2v) is 6.70. The van der Waals surface area contributed by atoms with E-state index < -0.39 is 17.6 Å². The first kappa shape index (κ1) is 21.4. The molecule has 0 atom stereocenters. The molecule has 0 radical (unpaired) electrons. The van der Waals surface area contributed by atoms with E-state index in [1.807, 2.05) is 24.3 Å². The van der Waals surface area contributed by atoms with Crippen LogP contribution >= 0.6 is 0 Å². The Balaban J connectivity index is 1.71. The molecular weight excluding hydrogens is 395 g/mol. The molecule has 5 nitrogen and oxygen atoms in total. The fourth-order valence-corrected chi connectivity index (χ4v) is 2.93. The number of benzene rings is 2. The van der Waals surface area contributed by atoms with Crippen molar-refractivity contribution >= 4 is 5.91 Å². The number of nitrogens with zero attached hydrogens (tertiary/aromatic N) is 1. The number of carbonyl (C=O) groups excluding carboxylic acids is 1. The predicted octanol–water partition coefficient (Wildman–Crippen LogP) is 5.20. The quantitative estimate of drug-likeness (QED) is 0.495. The third-order valence-electron chi connectivity index (χ3n) is 4.50. The molecule has 0 aliphatic carbocycles. The number of ether oxygens (including phenoxy) is 1. The highest BCUT2D eigenvalue weighted by atomic mass is 19.4. The lowest BCUT2D eigenvalue weighted by molar-refractivity contribution is -0.138. The first-order valence-electron chi connectivity index (χ1n) is 9.61. The van der Waals surface area contributed by atoms with Gasteiger partial charge in [0.05, 0.1) is 17.9 Å². The van der Waals surface area contributed by atoms with Gasteiger partial charge >= 0.3 is 6.18 Å². The average Bonchev–Trinajstić information content (AvgIpc) is 3.22. The molecule has 1 heterocycles. The summed E-state index contributed by atoms with van der Waals surface area (Å²) >= 11 is 0. The van der Waals surface area contributed by atoms with Gasteiger partial charge in [-0.1, -0.05) is 43.7 Å². The van der Waals surface area contributed by atoms with Crippen LogP contribution in [0.25, 0.3) is 11.3 Å². The molecule has 1 aromatic heterocycles. The van der Waals surface area contributed by atoms with Crippen LogP contribution in [0.2, 0.25) is 0 Å². The first-order valence-corrected chi connectivity index (χ1v) is 9.61. The van der Waals surface area contributed by atoms with E-state index in [4.69, 9.17) is 4.74 Å². The number of hydrogen-bond donors (Lipinski definition) is 2. The van der Waals surface area contributed by atoms with Gasteiger partial charge in [-0.25, -0.2) is 0 Å². The number of H-pyrrole nitrogens is 1. The third kappa shape index (κ3) is 5.20. The van der Waals surface area contributed by atoms with Crippen LogP contribution in [0.1, 0.15) is 41.4 Å². The lowest BCUT2D eigenvalue weighted by Gasteiger charge is -2.12. The third-order valence-corrected chi connectivity index (χ3v) is 4.50. The molecule has 2 N–H and O–H groups in total. The summed E-state index contributed by atoms with van der Waals surface area (Å²) in [7, 11) is 0. The van der Waals surface area contributed by atoms with Crippen LogP contribution in [-0.4, -0.2) is 22.7 Å². The summed E-state index contributed by atoms with van der Waals surface area (Å²) in [5.41, 5.74) is 0.619. The Morgan fingerprint density at radius 3 is 2.63 bits per heavy atom. The maximum absolute atomic E-state index is 13.1. The van der Waals surface area contributed by atoms with Gasteiger partial charge in [0.2, 0.25) is 0 Å². The number of para-hydroxylation sites is 1. The molecule has 0 aliphatic rings. The molecule has 0 spiro atoms. The number of aromatic amines is 1. The smallest absolute Gasteiger partial charge is 0.416 e. The highest BCUT2D eigenvalue weighted by Gasteiger charge is 2.32. The van der Waals surface area contributed by atoms with Gasteiger partial charge < -0.3 is 10.1 Å². The molecule has 8 heteroatoms. The number of rotatable bonds is 8. The molecule has 0 bridgehead atoms. The van der Waals surface area contributed by atoms with Crippen molar-refractivity contribution < 1.29 is 22.7 Å². The standard InChI is InChI=1S/C22H22F3N3O2/c1-2-3-12-30-20-11-7-5-9-16(20)18-13-19(28-27-18)21(29)26-14-15-8-4-6-10-17(15)22(23,24)25/h4-11,13H,2-3,12,14H2,1H3,(H,26,29)(H,27,28). The van der Waals surface area contributed by atoms with Gasteiger partial charge in [-0.3, -0.25) is 9.89 Å². The molecule has 0 saturated heterocycles. The maximum atomic E-state index is 13.1. The molecule has 158 valence electrons. The van der Waals surface area contributed by atoms with Gasteiger partial charge in [0.15, 0.2) is 0 Å². The van der Waals surface area contributed by atoms with Crippen molar-refractivity contribution in [2.24, 2.45) is 0 Å². The number of halogens is 3. The molecule has 1 amide bonds. The van der Waals surface area contributed by atoms with Crippen LogP contribution in [0.4, 0.5) is 13.2 Å². The number of aromatic nitrogens is 2. The average molecular weight is 417 g/mol. The summed E-state index contributed by atoms with van der Waals surface area (Å²) in [4.78, 5) is 12.4. The zero-order valence-corrected chi connectivity index (χ0v) is 16.4. The highest BCUT2D eigenvalue weighted by molar-refractivity contribution is 5.93. The zero-order chi connectivity index (χ0) is 21.6. The first-order chi connectivity index (χ1) is 14.4. The number of nitrogens with one attached hydrogen (secondary N) is 2. The van der Waals surface area contributed by atoms with Crippen LogP contribution in [0.5, 0.6) is 5.75 Å². The Hall–Kier alpha value is -3.29. The van der Waals surface area contributed by atoms with E-state index in [0.29, 0.717) is 18.1 Å². The van der Waals surface area contributed by atoms with Crippen molar-refractivity contribution in [1.29, 1.82) is 0 Å². The molecule has 3 aromatic rings. The molecule has 0 unspecified atom stereocenters. The molecule has 2 aromatic carbocycles. The SMILES string of the molecule is CCCCOc1ccccc1-c1cc(C(=O)NCc2ccccc2C(F)(F)F)[nH]n1. The van der Waals surface area contributed by atoms with Crippen molar-refractivity contribution in [3.05, 3.63) is 71.4 Å². The summed E-state index contributed by atoms with van der Waals surface area (Å²) in [6, 6.07) is 14.0. The predicted molar refractivity (Wildman–Crippen MR) is 107 cm³/mol. The van der Waals surface area contributed by atoms with E-state index in [-0.39, 0.29) is 17.8 Å². The number of unbranched alkanes of at least 4 members (excludes halogenated alkanes) is 1. The van der Waals surface area contributed by atoms with E-state index >= 15 is 0 Å². The van der Waals surface area contributed by atoms with E-state index in [2.05, 4.69) is 22.4 Å². The van der Waals surface area contributed by atoms with E-state index in [9.17, 15) is 18.0 Å². The van der Waals surface area contributed by atoms with Gasteiger partial charge in [0, 0.05) is 12.1 Å². The summed E-state index contributed by atoms with van der Waals surface area (Å²) in [6.45, 7) is 2.39. The lowest BCUT2D eigenvalue weighted by Crippen LogP contribution is -2.24. The monoisotopic (exact) mass is 417 g/mol. The van der Waals surface area contributed by atoms with Gasteiger partial charge in [-0.2, -0.15) is 18.3 Å². The van der Waals surface area contributed by atoms with E-state index in [1.54, 1.807) is 6.07 Å². The summed E-state index contributed by atoms with van der Waals surface area (Å²) in [5, 5.41) is 9.31. The van der Waals surface area contributed by atoms with Gasteiger partial charge in [0.25, 0.3) is 5.91 Å². The minimum atomic E-state index is -4.48. The van der Waals surface area contributed by atoms with Crippen LogP contribution < -0.4 is 10.1 Å². The summed E-state index contributed by atoms with van der Waals surface area (Å²) in [5.74, 6) is 0.110. The van der Waals surface area contributed by atoms with Crippen molar-refractivity contribution in [1.82, 2.24) is 15.5 Å². The molecule has 0 saturated carbocycles. The van der Waals surface area contributed by atoms with Crippen molar-refractivity contribution in [3.8, 4) is 17.0 Å². The van der Waals surface area contributed by atoms with Gasteiger partial charge in [-0.05, 0) is 36.2 Å². The van der Waals surface area contributed by atoms with Gasteiger partial charge in [-0.15, -0.1) is 0 Å². The molecular formula is C22H22F3N3O2. The second-order valence-electron chi connectivity index (χ2n) is 6.70. The van der Waals surface area contributed by atoms with Crippen molar-refractivity contribution in [3.63, 3.8) is 0 Å². The fraction of sp³-hybridized carbons (Fsp3) is 0.273. The van der Waals surface area contributed by atoms with Gasteiger partial charge in [0.1, 0.15) is 11.4 Å². The number of amides is 1. The highest BCUT2D eigenvalue weighted by Crippen LogP contribution is 2.32. The van der Waals surface area contributed by atoms with Crippen LogP contribution in [0.3, 0.4) is 0 Å². The minimum Gasteiger partial charge on any atom is -0.493 e. The van der Waals surface area contributed by atoms with Crippen LogP contribution in [0.15, 0.2) is 54.6 Å². The minimum absolute atomic E-state index is 0.00671.